The molecule has 2 nitrogen and oxygen atoms in total. The molecule has 0 heterocycles. The fraction of sp³-hybridized carbons (Fsp3) is 0.333. The fourth-order valence-corrected chi connectivity index (χ4v) is 2.39. The van der Waals surface area contributed by atoms with Crippen molar-refractivity contribution in [1.82, 2.24) is 0 Å². The molecule has 1 unspecified atom stereocenters. The lowest BCUT2D eigenvalue weighted by Crippen LogP contribution is -2.27. The number of benzene rings is 1. The fourth-order valence-electron chi connectivity index (χ4n) is 1.11. The molecular weight excluding hydrogens is 356 g/mol. The van der Waals surface area contributed by atoms with Gasteiger partial charge in [0, 0.05) is 3.57 Å². The minimum atomic E-state index is -5.21. The van der Waals surface area contributed by atoms with E-state index in [0.29, 0.717) is 0 Å². The third kappa shape index (κ3) is 2.68. The van der Waals surface area contributed by atoms with Crippen LogP contribution in [0.2, 0.25) is 0 Å². The van der Waals surface area contributed by atoms with E-state index >= 15 is 0 Å². The van der Waals surface area contributed by atoms with Crippen LogP contribution in [-0.2, 0) is 9.84 Å². The number of alkyl halides is 3. The summed E-state index contributed by atoms with van der Waals surface area (Å²) in [5, 5.41) is -1.58. The molecule has 7 heteroatoms. The Labute approximate surface area is 105 Å². The predicted molar refractivity (Wildman–Crippen MR) is 62.5 cm³/mol. The van der Waals surface area contributed by atoms with Gasteiger partial charge < -0.3 is 0 Å². The molecule has 1 aromatic rings. The molecule has 1 atom stereocenters. The molecule has 0 fully saturated rings. The lowest BCUT2D eigenvalue weighted by atomic mass is 10.2. The first-order chi connectivity index (χ1) is 7.16. The Balaban J connectivity index is 3.13. The Morgan fingerprint density at radius 2 is 1.62 bits per heavy atom. The van der Waals surface area contributed by atoms with Crippen LogP contribution < -0.4 is 0 Å². The van der Waals surface area contributed by atoms with Crippen molar-refractivity contribution in [2.45, 2.75) is 17.7 Å². The molecular formula is C9H8F3IO2S. The Kier molecular flexibility index (Phi) is 3.88. The Bertz CT molecular complexity index is 465. The lowest BCUT2D eigenvalue weighted by Gasteiger charge is -2.15. The summed E-state index contributed by atoms with van der Waals surface area (Å²) in [4.78, 5) is 0. The molecule has 0 aliphatic heterocycles. The Hall–Kier alpha value is -0.310. The third-order valence-electron chi connectivity index (χ3n) is 2.13. The number of hydrogen-bond donors (Lipinski definition) is 0. The molecule has 0 aromatic heterocycles. The van der Waals surface area contributed by atoms with E-state index in [1.807, 2.05) is 22.6 Å². The number of rotatable bonds is 2. The SMILES string of the molecule is CC(c1ccc(I)cc1)S(=O)(=O)C(F)(F)F. The highest BCUT2D eigenvalue weighted by molar-refractivity contribution is 14.1. The van der Waals surface area contributed by atoms with E-state index < -0.39 is 20.6 Å². The second-order valence-electron chi connectivity index (χ2n) is 3.18. The van der Waals surface area contributed by atoms with Crippen LogP contribution in [0.3, 0.4) is 0 Å². The quantitative estimate of drug-likeness (QED) is 0.755. The molecule has 0 amide bonds. The highest BCUT2D eigenvalue weighted by atomic mass is 127. The van der Waals surface area contributed by atoms with Crippen LogP contribution in [0.15, 0.2) is 24.3 Å². The van der Waals surface area contributed by atoms with Crippen molar-refractivity contribution in [1.29, 1.82) is 0 Å². The standard InChI is InChI=1S/C9H8F3IO2S/c1-6(16(14,15)9(10,11)12)7-2-4-8(13)5-3-7/h2-6H,1H3. The molecule has 1 aromatic carbocycles. The van der Waals surface area contributed by atoms with E-state index in [1.54, 1.807) is 12.1 Å². The van der Waals surface area contributed by atoms with Crippen molar-refractivity contribution < 1.29 is 21.6 Å². The summed E-state index contributed by atoms with van der Waals surface area (Å²) in [6.07, 6.45) is 0. The molecule has 0 bridgehead atoms. The van der Waals surface area contributed by atoms with E-state index in [4.69, 9.17) is 0 Å². The largest absolute Gasteiger partial charge is 0.497 e. The highest BCUT2D eigenvalue weighted by Gasteiger charge is 2.49. The summed E-state index contributed by atoms with van der Waals surface area (Å²) in [6.45, 7) is 1.03. The number of halogens is 4. The van der Waals surface area contributed by atoms with Gasteiger partial charge in [0.05, 0.1) is 5.25 Å². The van der Waals surface area contributed by atoms with Crippen LogP contribution in [0, 0.1) is 3.57 Å². The Morgan fingerprint density at radius 3 is 2.00 bits per heavy atom. The summed E-state index contributed by atoms with van der Waals surface area (Å²) in [5.74, 6) is 0. The van der Waals surface area contributed by atoms with Gasteiger partial charge >= 0.3 is 5.51 Å². The van der Waals surface area contributed by atoms with Gasteiger partial charge in [0.15, 0.2) is 0 Å². The first-order valence-corrected chi connectivity index (χ1v) is 6.84. The normalized spacial score (nSPS) is 14.8. The molecule has 0 aliphatic rings. The minimum absolute atomic E-state index is 0.137. The average Bonchev–Trinajstić information content (AvgIpc) is 2.16. The molecule has 1 rings (SSSR count). The van der Waals surface area contributed by atoms with Gasteiger partial charge in [-0.05, 0) is 47.2 Å². The van der Waals surface area contributed by atoms with Gasteiger partial charge in [-0.3, -0.25) is 0 Å². The van der Waals surface area contributed by atoms with Crippen molar-refractivity contribution in [3.8, 4) is 0 Å². The molecule has 0 radical (unpaired) electrons. The van der Waals surface area contributed by atoms with E-state index in [2.05, 4.69) is 0 Å². The number of hydrogen-bond acceptors (Lipinski definition) is 2. The van der Waals surface area contributed by atoms with Gasteiger partial charge in [-0.1, -0.05) is 12.1 Å². The van der Waals surface area contributed by atoms with Crippen molar-refractivity contribution in [3.63, 3.8) is 0 Å². The average molecular weight is 364 g/mol. The van der Waals surface area contributed by atoms with E-state index in [9.17, 15) is 21.6 Å². The first-order valence-electron chi connectivity index (χ1n) is 4.22. The smallest absolute Gasteiger partial charge is 0.219 e. The molecule has 16 heavy (non-hydrogen) atoms. The van der Waals surface area contributed by atoms with Crippen molar-refractivity contribution in [3.05, 3.63) is 33.4 Å². The van der Waals surface area contributed by atoms with E-state index in [0.717, 1.165) is 10.5 Å². The van der Waals surface area contributed by atoms with Crippen LogP contribution in [0.5, 0.6) is 0 Å². The van der Waals surface area contributed by atoms with Gasteiger partial charge in [-0.25, -0.2) is 8.42 Å². The monoisotopic (exact) mass is 364 g/mol. The summed E-state index contributed by atoms with van der Waals surface area (Å²) in [7, 11) is -5.14. The second-order valence-corrected chi connectivity index (χ2v) is 6.69. The zero-order chi connectivity index (χ0) is 12.6. The van der Waals surface area contributed by atoms with E-state index in [1.165, 1.54) is 12.1 Å². The van der Waals surface area contributed by atoms with Gasteiger partial charge in [0.1, 0.15) is 0 Å². The Morgan fingerprint density at radius 1 is 1.19 bits per heavy atom. The zero-order valence-electron chi connectivity index (χ0n) is 8.12. The van der Waals surface area contributed by atoms with Crippen LogP contribution in [0.1, 0.15) is 17.7 Å². The van der Waals surface area contributed by atoms with Gasteiger partial charge in [0.2, 0.25) is 0 Å². The first kappa shape index (κ1) is 13.8. The topological polar surface area (TPSA) is 34.1 Å². The van der Waals surface area contributed by atoms with Gasteiger partial charge in [-0.15, -0.1) is 0 Å². The molecule has 0 saturated carbocycles. The summed E-state index contributed by atoms with van der Waals surface area (Å²) in [5.41, 5.74) is -5.08. The van der Waals surface area contributed by atoms with Gasteiger partial charge in [-0.2, -0.15) is 13.2 Å². The predicted octanol–water partition coefficient (Wildman–Crippen LogP) is 3.29. The third-order valence-corrected chi connectivity index (χ3v) is 4.69. The van der Waals surface area contributed by atoms with Crippen LogP contribution in [-0.4, -0.2) is 13.9 Å². The second kappa shape index (κ2) is 4.52. The van der Waals surface area contributed by atoms with Gasteiger partial charge in [0.25, 0.3) is 9.84 Å². The van der Waals surface area contributed by atoms with Crippen LogP contribution in [0.25, 0.3) is 0 Å². The maximum atomic E-state index is 12.3. The molecule has 90 valence electrons. The lowest BCUT2D eigenvalue weighted by molar-refractivity contribution is -0.0443. The molecule has 0 spiro atoms. The maximum absolute atomic E-state index is 12.3. The molecule has 0 saturated heterocycles. The van der Waals surface area contributed by atoms with Crippen LogP contribution in [0.4, 0.5) is 13.2 Å². The number of sulfone groups is 1. The summed E-state index contributed by atoms with van der Waals surface area (Å²) in [6, 6.07) is 5.90. The van der Waals surface area contributed by atoms with Crippen molar-refractivity contribution >= 4 is 32.4 Å². The minimum Gasteiger partial charge on any atom is -0.219 e. The summed E-state index contributed by atoms with van der Waals surface area (Å²) < 4.78 is 59.8. The van der Waals surface area contributed by atoms with Crippen LogP contribution >= 0.6 is 22.6 Å². The van der Waals surface area contributed by atoms with Crippen molar-refractivity contribution in [2.24, 2.45) is 0 Å². The zero-order valence-corrected chi connectivity index (χ0v) is 11.1. The molecule has 0 N–H and O–H groups in total. The highest BCUT2D eigenvalue weighted by Crippen LogP contribution is 2.35. The van der Waals surface area contributed by atoms with Crippen molar-refractivity contribution in [2.75, 3.05) is 0 Å². The summed E-state index contributed by atoms with van der Waals surface area (Å²) >= 11 is 1.99. The van der Waals surface area contributed by atoms with E-state index in [-0.39, 0.29) is 5.56 Å². The maximum Gasteiger partial charge on any atom is 0.497 e. The molecule has 0 aliphatic carbocycles.